The van der Waals surface area contributed by atoms with Gasteiger partial charge in [0.1, 0.15) is 18.4 Å². The maximum absolute atomic E-state index is 12.6. The molecule has 0 aliphatic heterocycles. The number of hydrogen-bond acceptors (Lipinski definition) is 6. The second-order valence-corrected chi connectivity index (χ2v) is 6.71. The van der Waals surface area contributed by atoms with Crippen LogP contribution in [0, 0.1) is 5.92 Å². The van der Waals surface area contributed by atoms with Crippen LogP contribution in [0.1, 0.15) is 24.5 Å². The summed E-state index contributed by atoms with van der Waals surface area (Å²) in [5.41, 5.74) is 1.57. The van der Waals surface area contributed by atoms with Crippen LogP contribution in [0.2, 0.25) is 0 Å². The van der Waals surface area contributed by atoms with Gasteiger partial charge < -0.3 is 19.9 Å². The molecule has 0 bridgehead atoms. The van der Waals surface area contributed by atoms with Crippen molar-refractivity contribution in [3.8, 4) is 5.75 Å². The van der Waals surface area contributed by atoms with Crippen LogP contribution in [0.5, 0.6) is 5.75 Å². The molecule has 2 rings (SSSR count). The number of esters is 2. The third-order valence-corrected chi connectivity index (χ3v) is 4.35. The Morgan fingerprint density at radius 1 is 1.00 bits per heavy atom. The first-order valence-corrected chi connectivity index (χ1v) is 9.24. The van der Waals surface area contributed by atoms with Crippen LogP contribution in [0.25, 0.3) is 0 Å². The lowest BCUT2D eigenvalue weighted by molar-refractivity contribution is -0.149. The minimum atomic E-state index is -0.934. The normalized spacial score (nSPS) is 12.5. The Hall–Kier alpha value is -3.35. The number of benzene rings is 2. The Balaban J connectivity index is 2.07. The maximum Gasteiger partial charge on any atom is 0.329 e. The van der Waals surface area contributed by atoms with E-state index in [-0.39, 0.29) is 25.2 Å². The van der Waals surface area contributed by atoms with E-state index in [1.807, 2.05) is 30.3 Å². The summed E-state index contributed by atoms with van der Waals surface area (Å²) in [7, 11) is 1.25. The van der Waals surface area contributed by atoms with E-state index in [9.17, 15) is 19.5 Å². The molecule has 29 heavy (non-hydrogen) atoms. The molecule has 2 atom stereocenters. The molecule has 2 aromatic carbocycles. The average Bonchev–Trinajstić information content (AvgIpc) is 2.73. The Labute approximate surface area is 169 Å². The van der Waals surface area contributed by atoms with Gasteiger partial charge in [0.2, 0.25) is 5.91 Å². The van der Waals surface area contributed by atoms with Crippen LogP contribution in [0.4, 0.5) is 0 Å². The first-order valence-electron chi connectivity index (χ1n) is 9.24. The summed E-state index contributed by atoms with van der Waals surface area (Å²) in [6.07, 6.45) is 0.0952. The fraction of sp³-hybridized carbons (Fsp3) is 0.318. The Bertz CT molecular complexity index is 819. The molecule has 2 aromatic rings. The van der Waals surface area contributed by atoms with Gasteiger partial charge in [-0.1, -0.05) is 49.4 Å². The smallest absolute Gasteiger partial charge is 0.329 e. The highest BCUT2D eigenvalue weighted by atomic mass is 16.5. The van der Waals surface area contributed by atoms with Gasteiger partial charge in [-0.25, -0.2) is 4.79 Å². The van der Waals surface area contributed by atoms with Gasteiger partial charge in [0.15, 0.2) is 0 Å². The second-order valence-electron chi connectivity index (χ2n) is 6.71. The zero-order valence-corrected chi connectivity index (χ0v) is 16.5. The van der Waals surface area contributed by atoms with Crippen molar-refractivity contribution in [2.75, 3.05) is 7.11 Å². The van der Waals surface area contributed by atoms with Crippen LogP contribution in [-0.2, 0) is 36.9 Å². The Morgan fingerprint density at radius 2 is 1.66 bits per heavy atom. The SMILES string of the molecule is COC(=O)CC(C)C(=O)N[C@@H](Cc1ccc(O)cc1)C(=O)OCc1ccccc1. The van der Waals surface area contributed by atoms with E-state index in [1.165, 1.54) is 19.2 Å². The van der Waals surface area contributed by atoms with Crippen LogP contribution in [0.15, 0.2) is 54.6 Å². The molecule has 1 unspecified atom stereocenters. The van der Waals surface area contributed by atoms with Crippen molar-refractivity contribution < 1.29 is 29.0 Å². The molecule has 0 saturated heterocycles. The van der Waals surface area contributed by atoms with Crippen LogP contribution in [0.3, 0.4) is 0 Å². The van der Waals surface area contributed by atoms with Crippen molar-refractivity contribution in [2.24, 2.45) is 5.92 Å². The number of aromatic hydroxyl groups is 1. The lowest BCUT2D eigenvalue weighted by atomic mass is 10.0. The van der Waals surface area contributed by atoms with E-state index < -0.39 is 29.8 Å². The molecule has 154 valence electrons. The highest BCUT2D eigenvalue weighted by Gasteiger charge is 2.26. The second kappa shape index (κ2) is 10.8. The number of ether oxygens (including phenoxy) is 2. The van der Waals surface area contributed by atoms with Gasteiger partial charge in [0, 0.05) is 12.3 Å². The summed E-state index contributed by atoms with van der Waals surface area (Å²) in [5, 5.41) is 12.1. The molecule has 0 spiro atoms. The van der Waals surface area contributed by atoms with Gasteiger partial charge in [-0.15, -0.1) is 0 Å². The minimum Gasteiger partial charge on any atom is -0.508 e. The summed E-state index contributed by atoms with van der Waals surface area (Å²) < 4.78 is 9.96. The summed E-state index contributed by atoms with van der Waals surface area (Å²) in [4.78, 5) is 36.5. The molecule has 0 heterocycles. The van der Waals surface area contributed by atoms with Crippen molar-refractivity contribution >= 4 is 17.8 Å². The van der Waals surface area contributed by atoms with Crippen molar-refractivity contribution in [2.45, 2.75) is 32.4 Å². The highest BCUT2D eigenvalue weighted by Crippen LogP contribution is 2.13. The fourth-order valence-electron chi connectivity index (χ4n) is 2.63. The predicted molar refractivity (Wildman–Crippen MR) is 106 cm³/mol. The third-order valence-electron chi connectivity index (χ3n) is 4.35. The van der Waals surface area contributed by atoms with Crippen molar-refractivity contribution in [1.82, 2.24) is 5.32 Å². The van der Waals surface area contributed by atoms with Crippen LogP contribution in [-0.4, -0.2) is 36.1 Å². The van der Waals surface area contributed by atoms with E-state index in [0.717, 1.165) is 11.1 Å². The number of methoxy groups -OCH3 is 1. The number of amides is 1. The number of carbonyl (C=O) groups is 3. The van der Waals surface area contributed by atoms with E-state index in [1.54, 1.807) is 19.1 Å². The van der Waals surface area contributed by atoms with Gasteiger partial charge in [0.05, 0.1) is 13.5 Å². The lowest BCUT2D eigenvalue weighted by Gasteiger charge is -2.20. The van der Waals surface area contributed by atoms with Crippen molar-refractivity contribution in [1.29, 1.82) is 0 Å². The number of phenolic OH excluding ortho intramolecular Hbond substituents is 1. The summed E-state index contributed by atoms with van der Waals surface area (Å²) in [6.45, 7) is 1.67. The zero-order chi connectivity index (χ0) is 21.2. The molecule has 2 N–H and O–H groups in total. The Morgan fingerprint density at radius 3 is 2.28 bits per heavy atom. The predicted octanol–water partition coefficient (Wildman–Crippen LogP) is 2.36. The molecule has 0 aliphatic carbocycles. The van der Waals surface area contributed by atoms with E-state index in [4.69, 9.17) is 4.74 Å². The number of carbonyl (C=O) groups excluding carboxylic acids is 3. The first-order chi connectivity index (χ1) is 13.9. The van der Waals surface area contributed by atoms with Crippen molar-refractivity contribution in [3.05, 3.63) is 65.7 Å². The largest absolute Gasteiger partial charge is 0.508 e. The summed E-state index contributed by atoms with van der Waals surface area (Å²) >= 11 is 0. The van der Waals surface area contributed by atoms with Gasteiger partial charge in [-0.3, -0.25) is 9.59 Å². The standard InChI is InChI=1S/C22H25NO6/c1-15(12-20(25)28-2)21(26)23-19(13-16-8-10-18(24)11-9-16)22(27)29-14-17-6-4-3-5-7-17/h3-11,15,19,24H,12-14H2,1-2H3,(H,23,26)/t15?,19-/m0/s1. The van der Waals surface area contributed by atoms with Crippen LogP contribution >= 0.6 is 0 Å². The number of rotatable bonds is 9. The Kier molecular flexibility index (Phi) is 8.21. The fourth-order valence-corrected chi connectivity index (χ4v) is 2.63. The quantitative estimate of drug-likeness (QED) is 0.628. The maximum atomic E-state index is 12.6. The van der Waals surface area contributed by atoms with Gasteiger partial charge in [-0.05, 0) is 23.3 Å². The van der Waals surface area contributed by atoms with Crippen molar-refractivity contribution in [3.63, 3.8) is 0 Å². The molecule has 0 saturated carbocycles. The van der Waals surface area contributed by atoms with Gasteiger partial charge in [0.25, 0.3) is 0 Å². The summed E-state index contributed by atoms with van der Waals surface area (Å²) in [6, 6.07) is 14.6. The zero-order valence-electron chi connectivity index (χ0n) is 16.5. The molecule has 7 nitrogen and oxygen atoms in total. The minimum absolute atomic E-state index is 0.0827. The molecule has 0 aromatic heterocycles. The summed E-state index contributed by atoms with van der Waals surface area (Å²) in [5.74, 6) is -2.09. The molecule has 0 fully saturated rings. The number of hydrogen-bond donors (Lipinski definition) is 2. The number of phenols is 1. The monoisotopic (exact) mass is 399 g/mol. The third kappa shape index (κ3) is 7.29. The van der Waals surface area contributed by atoms with E-state index >= 15 is 0 Å². The molecular weight excluding hydrogens is 374 g/mol. The highest BCUT2D eigenvalue weighted by molar-refractivity contribution is 5.88. The van der Waals surface area contributed by atoms with Gasteiger partial charge >= 0.3 is 11.9 Å². The van der Waals surface area contributed by atoms with Gasteiger partial charge in [-0.2, -0.15) is 0 Å². The lowest BCUT2D eigenvalue weighted by Crippen LogP contribution is -2.45. The molecule has 0 radical (unpaired) electrons. The topological polar surface area (TPSA) is 102 Å². The number of nitrogens with one attached hydrogen (secondary N) is 1. The molecule has 0 aliphatic rings. The molecular formula is C22H25NO6. The molecule has 7 heteroatoms. The average molecular weight is 399 g/mol. The first kappa shape index (κ1) is 21.9. The van der Waals surface area contributed by atoms with E-state index in [0.29, 0.717) is 0 Å². The van der Waals surface area contributed by atoms with E-state index in [2.05, 4.69) is 10.1 Å². The van der Waals surface area contributed by atoms with Crippen LogP contribution < -0.4 is 5.32 Å². The molecule has 1 amide bonds.